The summed E-state index contributed by atoms with van der Waals surface area (Å²) in [7, 11) is -3.28. The lowest BCUT2D eigenvalue weighted by Crippen LogP contribution is -2.27. The molecule has 2 unspecified atom stereocenters. The van der Waals surface area contributed by atoms with Crippen molar-refractivity contribution in [1.29, 1.82) is 0 Å². The van der Waals surface area contributed by atoms with Crippen LogP contribution in [-0.2, 0) is 10.0 Å². The molecule has 0 amide bonds. The van der Waals surface area contributed by atoms with E-state index in [4.69, 9.17) is 11.6 Å². The van der Waals surface area contributed by atoms with Gasteiger partial charge in [-0.1, -0.05) is 30.3 Å². The number of halogens is 1. The lowest BCUT2D eigenvalue weighted by Gasteiger charge is -2.02. The largest absolute Gasteiger partial charge is 0.225 e. The Hall–Kier alpha value is -0.580. The van der Waals surface area contributed by atoms with Crippen molar-refractivity contribution in [3.05, 3.63) is 35.9 Å². The van der Waals surface area contributed by atoms with Gasteiger partial charge < -0.3 is 0 Å². The molecule has 15 heavy (non-hydrogen) atoms. The summed E-state index contributed by atoms with van der Waals surface area (Å²) in [4.78, 5) is 0. The molecule has 1 saturated carbocycles. The van der Waals surface area contributed by atoms with Gasteiger partial charge in [-0.05, 0) is 12.0 Å². The van der Waals surface area contributed by atoms with Gasteiger partial charge in [0.2, 0.25) is 10.0 Å². The Balaban J connectivity index is 1.98. The smallest absolute Gasteiger partial charge is 0.211 e. The summed E-state index contributed by atoms with van der Waals surface area (Å²) in [5.41, 5.74) is 1.18. The quantitative estimate of drug-likeness (QED) is 0.820. The van der Waals surface area contributed by atoms with Crippen LogP contribution in [-0.4, -0.2) is 19.7 Å². The highest BCUT2D eigenvalue weighted by atomic mass is 35.5. The highest BCUT2D eigenvalue weighted by Crippen LogP contribution is 2.40. The fourth-order valence-electron chi connectivity index (χ4n) is 1.66. The van der Waals surface area contributed by atoms with E-state index < -0.39 is 10.0 Å². The molecular weight excluding hydrogens is 234 g/mol. The van der Waals surface area contributed by atoms with Gasteiger partial charge in [0.15, 0.2) is 0 Å². The first-order valence-electron chi connectivity index (χ1n) is 4.73. The first-order valence-corrected chi connectivity index (χ1v) is 6.92. The summed E-state index contributed by atoms with van der Waals surface area (Å²) in [5.74, 6) is 0.309. The molecule has 5 heteroatoms. The van der Waals surface area contributed by atoms with Gasteiger partial charge in [-0.3, -0.25) is 0 Å². The monoisotopic (exact) mass is 245 g/mol. The fourth-order valence-corrected chi connectivity index (χ4v) is 2.63. The Bertz CT molecular complexity index is 432. The summed E-state index contributed by atoms with van der Waals surface area (Å²) >= 11 is 5.31. The second-order valence-corrected chi connectivity index (χ2v) is 6.04. The predicted octanol–water partition coefficient (Wildman–Crippen LogP) is 1.66. The van der Waals surface area contributed by atoms with Gasteiger partial charge in [0.1, 0.15) is 5.21 Å². The van der Waals surface area contributed by atoms with Crippen LogP contribution in [0.25, 0.3) is 0 Å². The van der Waals surface area contributed by atoms with Crippen LogP contribution < -0.4 is 4.72 Å². The zero-order valence-corrected chi connectivity index (χ0v) is 9.63. The topological polar surface area (TPSA) is 46.2 Å². The third-order valence-corrected chi connectivity index (χ3v) is 4.30. The Morgan fingerprint density at radius 1 is 1.33 bits per heavy atom. The summed E-state index contributed by atoms with van der Waals surface area (Å²) in [5, 5.41) is -0.370. The van der Waals surface area contributed by atoms with Crippen LogP contribution in [0, 0.1) is 0 Å². The van der Waals surface area contributed by atoms with Crippen molar-refractivity contribution in [2.75, 3.05) is 5.21 Å². The number of rotatable bonds is 4. The van der Waals surface area contributed by atoms with Crippen LogP contribution >= 0.6 is 11.6 Å². The van der Waals surface area contributed by atoms with Crippen LogP contribution in [0.4, 0.5) is 0 Å². The van der Waals surface area contributed by atoms with Crippen LogP contribution in [0.3, 0.4) is 0 Å². The Kier molecular flexibility index (Phi) is 3.00. The van der Waals surface area contributed by atoms with E-state index in [1.807, 2.05) is 30.3 Å². The molecule has 0 aliphatic heterocycles. The molecular formula is C10H12ClNO2S. The zero-order chi connectivity index (χ0) is 10.9. The molecule has 0 saturated heterocycles. The molecule has 2 rings (SSSR count). The maximum Gasteiger partial charge on any atom is 0.225 e. The van der Waals surface area contributed by atoms with Crippen molar-refractivity contribution in [3.8, 4) is 0 Å². The highest BCUT2D eigenvalue weighted by Gasteiger charge is 2.40. The molecule has 0 spiro atoms. The molecule has 0 heterocycles. The first kappa shape index (κ1) is 10.9. The molecule has 1 aromatic carbocycles. The number of nitrogens with one attached hydrogen (secondary N) is 1. The number of hydrogen-bond donors (Lipinski definition) is 1. The van der Waals surface area contributed by atoms with Gasteiger partial charge in [0, 0.05) is 12.0 Å². The fraction of sp³-hybridized carbons (Fsp3) is 0.400. The van der Waals surface area contributed by atoms with Crippen molar-refractivity contribution < 1.29 is 8.42 Å². The van der Waals surface area contributed by atoms with E-state index in [0.717, 1.165) is 6.42 Å². The summed E-state index contributed by atoms with van der Waals surface area (Å²) in [6, 6.07) is 9.92. The van der Waals surface area contributed by atoms with E-state index >= 15 is 0 Å². The van der Waals surface area contributed by atoms with Gasteiger partial charge in [0.05, 0.1) is 0 Å². The molecule has 1 fully saturated rings. The number of sulfonamides is 1. The average molecular weight is 246 g/mol. The van der Waals surface area contributed by atoms with E-state index in [1.165, 1.54) is 5.56 Å². The average Bonchev–Trinajstić information content (AvgIpc) is 2.98. The Morgan fingerprint density at radius 2 is 2.00 bits per heavy atom. The van der Waals surface area contributed by atoms with Crippen molar-refractivity contribution in [3.63, 3.8) is 0 Å². The molecule has 0 radical (unpaired) electrons. The van der Waals surface area contributed by atoms with Crippen LogP contribution in [0.1, 0.15) is 17.9 Å². The summed E-state index contributed by atoms with van der Waals surface area (Å²) in [6.07, 6.45) is 0.861. The highest BCUT2D eigenvalue weighted by molar-refractivity contribution is 7.90. The minimum atomic E-state index is -3.28. The van der Waals surface area contributed by atoms with Crippen molar-refractivity contribution in [2.45, 2.75) is 18.4 Å². The lowest BCUT2D eigenvalue weighted by atomic mass is 10.1. The van der Waals surface area contributed by atoms with E-state index in [-0.39, 0.29) is 11.3 Å². The maximum absolute atomic E-state index is 11.2. The molecule has 3 nitrogen and oxygen atoms in total. The summed E-state index contributed by atoms with van der Waals surface area (Å²) in [6.45, 7) is 0. The Labute approximate surface area is 94.5 Å². The van der Waals surface area contributed by atoms with E-state index in [0.29, 0.717) is 5.92 Å². The second-order valence-electron chi connectivity index (χ2n) is 3.70. The molecule has 2 atom stereocenters. The minimum Gasteiger partial charge on any atom is -0.211 e. The summed E-state index contributed by atoms with van der Waals surface area (Å²) < 4.78 is 24.9. The predicted molar refractivity (Wildman–Crippen MR) is 60.4 cm³/mol. The van der Waals surface area contributed by atoms with Crippen molar-refractivity contribution in [2.24, 2.45) is 0 Å². The number of hydrogen-bond acceptors (Lipinski definition) is 2. The molecule has 1 N–H and O–H groups in total. The molecule has 0 bridgehead atoms. The molecule has 0 aromatic heterocycles. The van der Waals surface area contributed by atoms with Crippen LogP contribution in [0.2, 0.25) is 0 Å². The second kappa shape index (κ2) is 4.12. The van der Waals surface area contributed by atoms with Crippen LogP contribution in [0.15, 0.2) is 30.3 Å². The zero-order valence-electron chi connectivity index (χ0n) is 8.06. The van der Waals surface area contributed by atoms with E-state index in [1.54, 1.807) is 0 Å². The van der Waals surface area contributed by atoms with Gasteiger partial charge in [-0.2, -0.15) is 0 Å². The normalized spacial score (nSPS) is 25.1. The van der Waals surface area contributed by atoms with Gasteiger partial charge >= 0.3 is 0 Å². The SMILES string of the molecule is O=S(=O)(CCl)NC1CC1c1ccccc1. The number of benzene rings is 1. The third kappa shape index (κ3) is 2.71. The molecule has 1 aliphatic rings. The molecule has 82 valence electrons. The molecule has 1 aliphatic carbocycles. The number of alkyl halides is 1. The Morgan fingerprint density at radius 3 is 2.60 bits per heavy atom. The first-order chi connectivity index (χ1) is 7.12. The van der Waals surface area contributed by atoms with Gasteiger partial charge in [0.25, 0.3) is 0 Å². The van der Waals surface area contributed by atoms with Crippen molar-refractivity contribution >= 4 is 21.6 Å². The maximum atomic E-state index is 11.2. The van der Waals surface area contributed by atoms with Crippen LogP contribution in [0.5, 0.6) is 0 Å². The van der Waals surface area contributed by atoms with Crippen molar-refractivity contribution in [1.82, 2.24) is 4.72 Å². The third-order valence-electron chi connectivity index (χ3n) is 2.49. The van der Waals surface area contributed by atoms with E-state index in [9.17, 15) is 8.42 Å². The lowest BCUT2D eigenvalue weighted by molar-refractivity contribution is 0.585. The van der Waals surface area contributed by atoms with E-state index in [2.05, 4.69) is 4.72 Å². The van der Waals surface area contributed by atoms with Gasteiger partial charge in [-0.15, -0.1) is 11.6 Å². The molecule has 1 aromatic rings. The minimum absolute atomic E-state index is 0.0242. The van der Waals surface area contributed by atoms with Gasteiger partial charge in [-0.25, -0.2) is 13.1 Å². The standard InChI is InChI=1S/C10H12ClNO2S/c11-7-15(13,14)12-10-6-9(10)8-4-2-1-3-5-8/h1-5,9-10,12H,6-7H2.